The molecule has 0 amide bonds. The highest BCUT2D eigenvalue weighted by Gasteiger charge is 2.55. The number of nitrogens with zero attached hydrogens (tertiary/aromatic N) is 8. The van der Waals surface area contributed by atoms with Crippen molar-refractivity contribution >= 4 is 73.3 Å². The van der Waals surface area contributed by atoms with Crippen LogP contribution in [0.2, 0.25) is 0 Å². The van der Waals surface area contributed by atoms with Crippen LogP contribution >= 0.6 is 15.5 Å². The number of anilines is 2. The minimum absolute atomic E-state index is 0. The van der Waals surface area contributed by atoms with Gasteiger partial charge in [-0.15, -0.1) is 0 Å². The van der Waals surface area contributed by atoms with E-state index in [1.54, 1.807) is 74.5 Å². The zero-order chi connectivity index (χ0) is 64.5. The summed E-state index contributed by atoms with van der Waals surface area (Å²) in [4.78, 5) is 75.6. The molecule has 0 saturated carbocycles. The lowest BCUT2D eigenvalue weighted by Crippen LogP contribution is -2.44. The number of esters is 4. The fraction of sp³-hybridized carbons (Fsp3) is 0.552. The van der Waals surface area contributed by atoms with Gasteiger partial charge in [-0.1, -0.05) is 107 Å². The fourth-order valence-corrected chi connectivity index (χ4v) is 12.2. The van der Waals surface area contributed by atoms with Gasteiger partial charge in [0, 0.05) is 12.8 Å². The average Bonchev–Trinajstić information content (AvgIpc) is 1.63. The van der Waals surface area contributed by atoms with Gasteiger partial charge < -0.3 is 59.1 Å². The molecule has 90 heavy (non-hydrogen) atoms. The number of benzene rings is 2. The summed E-state index contributed by atoms with van der Waals surface area (Å²) in [6.07, 6.45) is -6.94. The predicted molar refractivity (Wildman–Crippen MR) is 330 cm³/mol. The Morgan fingerprint density at radius 2 is 0.978 bits per heavy atom. The Balaban J connectivity index is 0.000000325. The molecular weight excluding hydrogens is 1210 g/mol. The van der Waals surface area contributed by atoms with Crippen LogP contribution in [0, 0.1) is 10.8 Å². The first kappa shape index (κ1) is 73.5. The molecule has 32 heteroatoms. The third-order valence-corrected chi connectivity index (χ3v) is 16.6. The van der Waals surface area contributed by atoms with Crippen molar-refractivity contribution in [3.63, 3.8) is 0 Å². The van der Waals surface area contributed by atoms with E-state index in [0.717, 1.165) is 0 Å². The number of ether oxygens (including phenoxy) is 6. The molecule has 14 atom stereocenters. The zero-order valence-corrected chi connectivity index (χ0v) is 52.7. The van der Waals surface area contributed by atoms with Crippen molar-refractivity contribution < 1.29 is 85.0 Å². The van der Waals surface area contributed by atoms with E-state index in [1.165, 1.54) is 62.1 Å². The molecule has 0 radical (unpaired) electrons. The van der Waals surface area contributed by atoms with Crippen LogP contribution in [0.15, 0.2) is 86.0 Å². The van der Waals surface area contributed by atoms with Crippen LogP contribution in [0.1, 0.15) is 123 Å². The minimum atomic E-state index is -4.41. The van der Waals surface area contributed by atoms with E-state index in [0.29, 0.717) is 11.2 Å². The Bertz CT molecular complexity index is 3440. The smallest absolute Gasteiger partial charge is 0.459 e. The summed E-state index contributed by atoms with van der Waals surface area (Å²) in [5, 5.41) is 27.0. The summed E-state index contributed by atoms with van der Waals surface area (Å²) >= 11 is 0. The number of carbonyl (C=O) groups excluding carboxylic acids is 4. The third kappa shape index (κ3) is 18.9. The van der Waals surface area contributed by atoms with Gasteiger partial charge in [-0.2, -0.15) is 10.2 Å². The topological polar surface area (TPSA) is 398 Å². The number of hydrogen-bond acceptors (Lipinski definition) is 26. The van der Waals surface area contributed by atoms with Crippen molar-refractivity contribution in [3.8, 4) is 11.5 Å². The zero-order valence-electron chi connectivity index (χ0n) is 50.9. The number of carbonyl (C=O) groups is 4. The Kier molecular flexibility index (Phi) is 25.5. The summed E-state index contributed by atoms with van der Waals surface area (Å²) in [5.41, 5.74) is 12.4. The molecule has 2 fully saturated rings. The molecule has 2 saturated heterocycles. The van der Waals surface area contributed by atoms with Gasteiger partial charge in [0.25, 0.3) is 0 Å². The standard InChI is InChI=1S/C31H43N6O10P.C25H35N6O8P.2CH4/c1-8-21(38)43-25-24(45-29(26(25)44-22(39)9-2)37-17-35-23-27(32)33-16-34-28(23)37)19(4)46-48(41,47-20-13-11-10-12-14-20)36-18(3)30(40)42-15-31(5,6)7;1-14(24(34)36-11-25(3,4)5)30-40(35,39-16-9-7-6-8-10-16)38-15(2)20-18(32)19(33)23(37-20)31-13-29-17-21(26)27-12-28-22(17)31;;/h10-14,16-19,24-26,29H,8-9,15H2,1-7H3,(H,36,41)(H2,32,33,34);6-10,12-15,18-20,23,32-33H,11H2,1-5H3,(H,30,35)(H2,26,27,28);2*1H4/t18-,19-,24+,25+,26+,29+,48?;14-,15-,18-,19+,20+,23+,40?;;/m00../s1. The number of nitrogens with one attached hydrogen (secondary N) is 2. The molecule has 30 nitrogen and oxygen atoms in total. The van der Waals surface area contributed by atoms with E-state index in [-0.39, 0.29) is 86.0 Å². The number of hydrogen-bond donors (Lipinski definition) is 6. The molecule has 0 bridgehead atoms. The van der Waals surface area contributed by atoms with Crippen LogP contribution in [0.5, 0.6) is 11.5 Å². The van der Waals surface area contributed by atoms with Crippen LogP contribution in [0.4, 0.5) is 11.6 Å². The number of rotatable bonds is 24. The van der Waals surface area contributed by atoms with E-state index in [9.17, 15) is 38.5 Å². The molecule has 2 aromatic carbocycles. The number of aliphatic hydroxyl groups excluding tert-OH is 2. The van der Waals surface area contributed by atoms with Gasteiger partial charge in [0.15, 0.2) is 47.6 Å². The molecule has 496 valence electrons. The lowest BCUT2D eigenvalue weighted by molar-refractivity contribution is -0.168. The SMILES string of the molecule is C.C.CCC(=O)O[C@H]1[C@@H](OC(=O)CC)[C@H](n2cnc3c(N)ncnc32)O[C@@H]1[C@H](C)OP(=O)(N[C@@H](C)C(=O)OCC(C)(C)C)Oc1ccccc1.C[C@H](NP(=O)(Oc1ccccc1)O[C@@H](C)[C@H]1O[C@@H](n2cnc3c(N)ncnc32)[C@H](O)[C@@H]1O)C(=O)OCC(C)(C)C. The van der Waals surface area contributed by atoms with Gasteiger partial charge in [-0.25, -0.2) is 39.0 Å². The first-order valence-corrected chi connectivity index (χ1v) is 31.4. The van der Waals surface area contributed by atoms with Gasteiger partial charge in [-0.3, -0.25) is 37.4 Å². The Morgan fingerprint density at radius 1 is 0.589 bits per heavy atom. The number of imidazole rings is 2. The van der Waals surface area contributed by atoms with Crippen LogP contribution in [0.3, 0.4) is 0 Å². The van der Waals surface area contributed by atoms with Crippen molar-refractivity contribution in [1.29, 1.82) is 0 Å². The summed E-state index contributed by atoms with van der Waals surface area (Å²) in [6.45, 7) is 20.9. The van der Waals surface area contributed by atoms with E-state index in [1.807, 2.05) is 41.5 Å². The lowest BCUT2D eigenvalue weighted by Gasteiger charge is -2.30. The number of nitrogens with two attached hydrogens (primary N) is 2. The molecular formula is C58H86N12O18P2. The lowest BCUT2D eigenvalue weighted by atomic mass is 9.99. The third-order valence-electron chi connectivity index (χ3n) is 13.1. The molecule has 2 aliphatic rings. The Hall–Kier alpha value is -7.24. The second kappa shape index (κ2) is 31.2. The summed E-state index contributed by atoms with van der Waals surface area (Å²) < 4.78 is 89.4. The maximum absolute atomic E-state index is 14.4. The maximum atomic E-state index is 14.4. The van der Waals surface area contributed by atoms with Crippen LogP contribution < -0.4 is 30.7 Å². The number of nitrogen functional groups attached to an aromatic ring is 2. The predicted octanol–water partition coefficient (Wildman–Crippen LogP) is 7.57. The summed E-state index contributed by atoms with van der Waals surface area (Å²) in [6, 6.07) is 14.3. The van der Waals surface area contributed by atoms with Gasteiger partial charge in [0.05, 0.1) is 38.1 Å². The largest absolute Gasteiger partial charge is 0.464 e. The molecule has 6 aromatic rings. The maximum Gasteiger partial charge on any atom is 0.459 e. The van der Waals surface area contributed by atoms with Crippen molar-refractivity contribution in [2.45, 2.75) is 184 Å². The second-order valence-corrected chi connectivity index (χ2v) is 26.5. The number of fused-ring (bicyclic) bond motifs is 2. The highest BCUT2D eigenvalue weighted by molar-refractivity contribution is 7.52. The molecule has 0 spiro atoms. The van der Waals surface area contributed by atoms with Gasteiger partial charge in [-0.05, 0) is 62.8 Å². The minimum Gasteiger partial charge on any atom is -0.464 e. The molecule has 0 aliphatic carbocycles. The van der Waals surface area contributed by atoms with Gasteiger partial charge in [0.1, 0.15) is 71.7 Å². The molecule has 8 N–H and O–H groups in total. The van der Waals surface area contributed by atoms with Crippen LogP contribution in [-0.2, 0) is 65.8 Å². The number of aromatic nitrogens is 8. The van der Waals surface area contributed by atoms with Crippen molar-refractivity contribution in [2.24, 2.45) is 10.8 Å². The first-order chi connectivity index (χ1) is 41.4. The summed E-state index contributed by atoms with van der Waals surface area (Å²) in [5.74, 6) is -1.87. The highest BCUT2D eigenvalue weighted by Crippen LogP contribution is 2.50. The number of aliphatic hydroxyl groups is 2. The number of para-hydroxylation sites is 2. The Labute approximate surface area is 522 Å². The fourth-order valence-electron chi connectivity index (χ4n) is 8.77. The monoisotopic (exact) mass is 1300 g/mol. The van der Waals surface area contributed by atoms with Gasteiger partial charge >= 0.3 is 39.4 Å². The molecule has 8 rings (SSSR count). The van der Waals surface area contributed by atoms with Crippen molar-refractivity contribution in [1.82, 2.24) is 49.2 Å². The van der Waals surface area contributed by atoms with E-state index in [4.69, 9.17) is 58.0 Å². The van der Waals surface area contributed by atoms with E-state index in [2.05, 4.69) is 40.1 Å². The van der Waals surface area contributed by atoms with Crippen LogP contribution in [-0.4, -0.2) is 147 Å². The second-order valence-electron chi connectivity index (χ2n) is 23.2. The van der Waals surface area contributed by atoms with E-state index < -0.39 is 113 Å². The Morgan fingerprint density at radius 3 is 1.39 bits per heavy atom. The highest BCUT2D eigenvalue weighted by atomic mass is 31.2. The average molecular weight is 1300 g/mol. The van der Waals surface area contributed by atoms with Crippen LogP contribution in [0.25, 0.3) is 22.3 Å². The quantitative estimate of drug-likeness (QED) is 0.0193. The van der Waals surface area contributed by atoms with E-state index >= 15 is 0 Å². The molecule has 4 aromatic heterocycles. The molecule has 2 aliphatic heterocycles. The van der Waals surface area contributed by atoms with Gasteiger partial charge in [0.2, 0.25) is 0 Å². The normalized spacial score (nSPS) is 22.6. The summed E-state index contributed by atoms with van der Waals surface area (Å²) in [7, 11) is -8.68. The molecule has 2 unspecified atom stereocenters. The first-order valence-electron chi connectivity index (χ1n) is 28.3. The van der Waals surface area contributed by atoms with Crippen molar-refractivity contribution in [2.75, 3.05) is 24.7 Å². The molecule has 6 heterocycles. The van der Waals surface area contributed by atoms with Crippen molar-refractivity contribution in [3.05, 3.63) is 86.0 Å².